The Morgan fingerprint density at radius 3 is 2.68 bits per heavy atom. The molecule has 8 nitrogen and oxygen atoms in total. The van der Waals surface area contributed by atoms with Crippen LogP contribution in [0.5, 0.6) is 5.75 Å². The van der Waals surface area contributed by atoms with Crippen molar-refractivity contribution >= 4 is 22.5 Å². The predicted octanol–water partition coefficient (Wildman–Crippen LogP) is 4.75. The number of anilines is 1. The molecule has 1 aromatic heterocycles. The number of ether oxygens (including phenoxy) is 1. The molecule has 2 aromatic carbocycles. The lowest BCUT2D eigenvalue weighted by Gasteiger charge is -2.39. The van der Waals surface area contributed by atoms with Gasteiger partial charge in [-0.1, -0.05) is 26.8 Å². The third-order valence-electron chi connectivity index (χ3n) is 8.66. The monoisotopic (exact) mass is 562 g/mol. The van der Waals surface area contributed by atoms with Crippen molar-refractivity contribution in [2.24, 2.45) is 23.4 Å². The number of aryl methyl sites for hydroxylation is 2. The molecule has 9 heteroatoms. The second kappa shape index (κ2) is 12.2. The molecule has 1 saturated carbocycles. The van der Waals surface area contributed by atoms with E-state index in [1.807, 2.05) is 18.2 Å². The van der Waals surface area contributed by atoms with Crippen LogP contribution in [0.2, 0.25) is 0 Å². The van der Waals surface area contributed by atoms with Crippen LogP contribution >= 0.6 is 0 Å². The van der Waals surface area contributed by atoms with Crippen molar-refractivity contribution < 1.29 is 9.13 Å². The highest BCUT2D eigenvalue weighted by Crippen LogP contribution is 2.40. The van der Waals surface area contributed by atoms with Crippen molar-refractivity contribution in [3.63, 3.8) is 0 Å². The summed E-state index contributed by atoms with van der Waals surface area (Å²) in [6.07, 6.45) is 4.29. The minimum Gasteiger partial charge on any atom is -0.497 e. The van der Waals surface area contributed by atoms with Gasteiger partial charge < -0.3 is 20.3 Å². The van der Waals surface area contributed by atoms with Gasteiger partial charge in [-0.05, 0) is 66.8 Å². The number of guanidine groups is 1. The third-order valence-corrected chi connectivity index (χ3v) is 8.66. The van der Waals surface area contributed by atoms with E-state index in [4.69, 9.17) is 14.7 Å². The highest BCUT2D eigenvalue weighted by atomic mass is 19.1. The molecular formula is C32H43FN6O2. The molecule has 5 rings (SSSR count). The molecule has 2 N–H and O–H groups in total. The van der Waals surface area contributed by atoms with E-state index in [1.54, 1.807) is 23.7 Å². The summed E-state index contributed by atoms with van der Waals surface area (Å²) in [5, 5.41) is 7.58. The van der Waals surface area contributed by atoms with Crippen LogP contribution in [0.3, 0.4) is 0 Å². The summed E-state index contributed by atoms with van der Waals surface area (Å²) < 4.78 is 21.2. The molecule has 2 unspecified atom stereocenters. The Balaban J connectivity index is 1.41. The van der Waals surface area contributed by atoms with Gasteiger partial charge in [0.2, 0.25) is 0 Å². The fourth-order valence-electron chi connectivity index (χ4n) is 6.20. The second-order valence-corrected chi connectivity index (χ2v) is 12.3. The van der Waals surface area contributed by atoms with Crippen molar-refractivity contribution in [3.8, 4) is 5.75 Å². The number of halogens is 1. The first-order valence-corrected chi connectivity index (χ1v) is 14.8. The Morgan fingerprint density at radius 1 is 1.20 bits per heavy atom. The fraction of sp³-hybridized carbons (Fsp3) is 0.531. The lowest BCUT2D eigenvalue weighted by molar-refractivity contribution is 0.169. The number of benzene rings is 2. The molecule has 2 atom stereocenters. The number of aliphatic imine (C=N–C) groups is 1. The molecule has 1 saturated heterocycles. The first-order chi connectivity index (χ1) is 19.6. The number of hydrogen-bond donors (Lipinski definition) is 2. The molecule has 2 heterocycles. The maximum atomic E-state index is 14.5. The zero-order chi connectivity index (χ0) is 29.1. The number of rotatable bonds is 6. The molecule has 1 aliphatic carbocycles. The number of nitrogens with zero attached hydrogens (tertiary/aromatic N) is 4. The van der Waals surface area contributed by atoms with E-state index < -0.39 is 0 Å². The molecule has 0 spiro atoms. The van der Waals surface area contributed by atoms with Gasteiger partial charge in [-0.25, -0.2) is 14.4 Å². The average molecular weight is 563 g/mol. The minimum atomic E-state index is -0.322. The van der Waals surface area contributed by atoms with E-state index in [1.165, 1.54) is 26.0 Å². The Hall–Kier alpha value is -3.46. The number of aromatic nitrogens is 2. The maximum Gasteiger partial charge on any atom is 0.261 e. The first-order valence-electron chi connectivity index (χ1n) is 14.8. The van der Waals surface area contributed by atoms with Crippen molar-refractivity contribution in [2.75, 3.05) is 38.6 Å². The van der Waals surface area contributed by atoms with E-state index in [0.717, 1.165) is 44.2 Å². The van der Waals surface area contributed by atoms with Crippen molar-refractivity contribution in [1.29, 1.82) is 0 Å². The van der Waals surface area contributed by atoms with E-state index in [-0.39, 0.29) is 17.4 Å². The van der Waals surface area contributed by atoms with Gasteiger partial charge in [0.05, 0.1) is 24.1 Å². The molecule has 0 radical (unpaired) electrons. The third kappa shape index (κ3) is 6.72. The van der Waals surface area contributed by atoms with Crippen LogP contribution < -0.4 is 20.9 Å². The van der Waals surface area contributed by atoms with Gasteiger partial charge in [-0.2, -0.15) is 0 Å². The van der Waals surface area contributed by atoms with Crippen LogP contribution in [0, 0.1) is 17.2 Å². The van der Waals surface area contributed by atoms with Gasteiger partial charge in [-0.15, -0.1) is 0 Å². The van der Waals surface area contributed by atoms with E-state index in [9.17, 15) is 9.18 Å². The molecule has 3 aromatic rings. The van der Waals surface area contributed by atoms with Crippen molar-refractivity contribution in [3.05, 3.63) is 64.0 Å². The Kier molecular flexibility index (Phi) is 8.63. The van der Waals surface area contributed by atoms with Gasteiger partial charge >= 0.3 is 0 Å². The van der Waals surface area contributed by atoms with Crippen LogP contribution in [-0.2, 0) is 19.9 Å². The number of hydrogen-bond acceptors (Lipinski definition) is 5. The summed E-state index contributed by atoms with van der Waals surface area (Å²) in [5.41, 5.74) is 2.29. The van der Waals surface area contributed by atoms with Gasteiger partial charge in [0.25, 0.3) is 5.56 Å². The van der Waals surface area contributed by atoms with Crippen LogP contribution in [0.1, 0.15) is 51.4 Å². The van der Waals surface area contributed by atoms with E-state index >= 15 is 0 Å². The number of nitrogens with one attached hydrogen (secondary N) is 2. The topological polar surface area (TPSA) is 83.8 Å². The summed E-state index contributed by atoms with van der Waals surface area (Å²) in [4.78, 5) is 25.7. The molecular weight excluding hydrogens is 519 g/mol. The van der Waals surface area contributed by atoms with Gasteiger partial charge in [0.1, 0.15) is 17.4 Å². The van der Waals surface area contributed by atoms with Gasteiger partial charge in [0, 0.05) is 51.4 Å². The smallest absolute Gasteiger partial charge is 0.261 e. The Labute approximate surface area is 242 Å². The molecule has 2 aliphatic rings. The van der Waals surface area contributed by atoms with E-state index in [2.05, 4.69) is 36.3 Å². The molecule has 1 aliphatic heterocycles. The maximum absolute atomic E-state index is 14.5. The number of piperazine rings is 1. The quantitative estimate of drug-likeness (QED) is 0.333. The Morgan fingerprint density at radius 2 is 1.98 bits per heavy atom. The van der Waals surface area contributed by atoms with Crippen molar-refractivity contribution in [2.45, 2.75) is 58.9 Å². The number of fused-ring (bicyclic) bond motifs is 1. The van der Waals surface area contributed by atoms with Gasteiger partial charge in [0.15, 0.2) is 5.96 Å². The predicted molar refractivity (Wildman–Crippen MR) is 163 cm³/mol. The van der Waals surface area contributed by atoms with Crippen LogP contribution in [0.4, 0.5) is 10.1 Å². The van der Waals surface area contributed by atoms with Crippen LogP contribution in [0.25, 0.3) is 10.9 Å². The Bertz CT molecular complexity index is 1480. The summed E-state index contributed by atoms with van der Waals surface area (Å²) in [5.74, 6) is 2.18. The average Bonchev–Trinajstić information content (AvgIpc) is 2.95. The standard InChI is InChI=1S/C32H43FN6O2/c1-21-20-32(2,3)13-12-27(21)37-31(39-16-14-34-15-17-39)35-23-8-10-25-28(18-23)36-29(38(4)30(25)40)11-7-22-6-9-24(41-5)19-26(22)33/h6,8-10,18-19,21,27,34H,7,11-17,20H2,1-5H3,(H,35,37). The zero-order valence-corrected chi connectivity index (χ0v) is 25.0. The summed E-state index contributed by atoms with van der Waals surface area (Å²) >= 11 is 0. The lowest BCUT2D eigenvalue weighted by Crippen LogP contribution is -2.49. The fourth-order valence-corrected chi connectivity index (χ4v) is 6.20. The summed E-state index contributed by atoms with van der Waals surface area (Å²) in [6, 6.07) is 10.8. The largest absolute Gasteiger partial charge is 0.497 e. The molecule has 0 amide bonds. The first kappa shape index (κ1) is 29.0. The SMILES string of the molecule is COc1ccc(CCc2nc3cc(NC(=NC4CCC(C)(C)CC4C)N4CCNCC4)ccc3c(=O)n2C)c(F)c1. The highest BCUT2D eigenvalue weighted by Gasteiger charge is 2.33. The van der Waals surface area contributed by atoms with Crippen molar-refractivity contribution in [1.82, 2.24) is 19.8 Å². The normalized spacial score (nSPS) is 21.2. The van der Waals surface area contributed by atoms with E-state index in [0.29, 0.717) is 52.2 Å². The number of methoxy groups -OCH3 is 1. The van der Waals surface area contributed by atoms with Crippen LogP contribution in [-0.4, -0.2) is 59.7 Å². The molecule has 41 heavy (non-hydrogen) atoms. The molecule has 0 bridgehead atoms. The van der Waals surface area contributed by atoms with Gasteiger partial charge in [-0.3, -0.25) is 9.36 Å². The summed E-state index contributed by atoms with van der Waals surface area (Å²) in [6.45, 7) is 10.6. The molecule has 2 fully saturated rings. The zero-order valence-electron chi connectivity index (χ0n) is 25.0. The highest BCUT2D eigenvalue weighted by molar-refractivity contribution is 5.96. The second-order valence-electron chi connectivity index (χ2n) is 12.3. The minimum absolute atomic E-state index is 0.110. The summed E-state index contributed by atoms with van der Waals surface area (Å²) in [7, 11) is 3.24. The lowest BCUT2D eigenvalue weighted by atomic mass is 9.71. The molecule has 220 valence electrons. The van der Waals surface area contributed by atoms with Crippen LogP contribution in [0.15, 0.2) is 46.2 Å².